The molecule has 4 rings (SSSR count). The number of hydrogen-bond donors (Lipinski definition) is 1. The number of nitrogens with zero attached hydrogens (tertiary/aromatic N) is 1. The molecule has 1 heterocycles. The monoisotopic (exact) mass is 435 g/mol. The van der Waals surface area contributed by atoms with E-state index in [0.717, 1.165) is 50.1 Å². The van der Waals surface area contributed by atoms with Gasteiger partial charge in [-0.3, -0.25) is 0 Å². The molecule has 4 aromatic rings. The minimum Gasteiger partial charge on any atom is -0.508 e. The van der Waals surface area contributed by atoms with Crippen molar-refractivity contribution in [3.8, 4) is 39.2 Å². The first-order valence-corrected chi connectivity index (χ1v) is 10.8. The molecule has 1 aromatic heterocycles. The molecule has 0 saturated carbocycles. The summed E-state index contributed by atoms with van der Waals surface area (Å²) >= 11 is 1.63. The van der Waals surface area contributed by atoms with Crippen LogP contribution in [0, 0.1) is 0 Å². The minimum absolute atomic E-state index is 0.235. The predicted octanol–water partition coefficient (Wildman–Crippen LogP) is 6.02. The molecule has 0 spiro atoms. The van der Waals surface area contributed by atoms with Crippen molar-refractivity contribution < 1.29 is 19.3 Å². The topological polar surface area (TPSA) is 51.2 Å². The highest BCUT2D eigenvalue weighted by Gasteiger charge is 2.17. The second-order valence-electron chi connectivity index (χ2n) is 7.39. The van der Waals surface area contributed by atoms with Crippen molar-refractivity contribution in [1.82, 2.24) is 4.90 Å². The van der Waals surface area contributed by atoms with Crippen molar-refractivity contribution in [2.45, 2.75) is 0 Å². The molecule has 1 N–H and O–H groups in total. The highest BCUT2D eigenvalue weighted by atomic mass is 32.1. The van der Waals surface area contributed by atoms with Crippen LogP contribution in [0.4, 0.5) is 0 Å². The molecule has 0 radical (unpaired) electrons. The van der Waals surface area contributed by atoms with Crippen molar-refractivity contribution in [1.29, 1.82) is 0 Å². The number of thiophene rings is 1. The molecule has 0 atom stereocenters. The standard InChI is InChI=1S/C25H25NO4S/c1-26(2)14-15-29-19-8-10-20(11-9-19)30-24-22-13-12-21(28-3)16-23(22)31-25(24)17-4-6-18(27)7-5-17/h4-13,16,27H,14-15H2,1-3H3. The van der Waals surface area contributed by atoms with E-state index in [9.17, 15) is 5.11 Å². The van der Waals surface area contributed by atoms with Gasteiger partial charge in [-0.05, 0) is 86.4 Å². The Labute approximate surface area is 186 Å². The van der Waals surface area contributed by atoms with Crippen LogP contribution in [-0.2, 0) is 0 Å². The van der Waals surface area contributed by atoms with Crippen LogP contribution >= 0.6 is 11.3 Å². The average molecular weight is 436 g/mol. The van der Waals surface area contributed by atoms with E-state index in [-0.39, 0.29) is 5.75 Å². The predicted molar refractivity (Wildman–Crippen MR) is 126 cm³/mol. The van der Waals surface area contributed by atoms with Crippen molar-refractivity contribution in [3.05, 3.63) is 66.7 Å². The molecule has 0 saturated heterocycles. The number of phenolic OH excluding ortho intramolecular Hbond substituents is 1. The van der Waals surface area contributed by atoms with Crippen LogP contribution in [-0.4, -0.2) is 44.4 Å². The van der Waals surface area contributed by atoms with Gasteiger partial charge in [-0.15, -0.1) is 11.3 Å². The van der Waals surface area contributed by atoms with Crippen molar-refractivity contribution in [2.75, 3.05) is 34.4 Å². The van der Waals surface area contributed by atoms with Gasteiger partial charge >= 0.3 is 0 Å². The van der Waals surface area contributed by atoms with E-state index in [1.54, 1.807) is 30.6 Å². The lowest BCUT2D eigenvalue weighted by Crippen LogP contribution is -2.19. The van der Waals surface area contributed by atoms with Crippen LogP contribution in [0.2, 0.25) is 0 Å². The first-order chi connectivity index (χ1) is 15.0. The largest absolute Gasteiger partial charge is 0.508 e. The van der Waals surface area contributed by atoms with E-state index in [0.29, 0.717) is 6.61 Å². The molecule has 5 nitrogen and oxygen atoms in total. The zero-order valence-corrected chi connectivity index (χ0v) is 18.6. The number of likely N-dealkylation sites (N-methyl/N-ethyl adjacent to an activating group) is 1. The molecule has 0 bridgehead atoms. The maximum absolute atomic E-state index is 9.68. The number of aromatic hydroxyl groups is 1. The summed E-state index contributed by atoms with van der Waals surface area (Å²) in [6.07, 6.45) is 0. The number of methoxy groups -OCH3 is 1. The Balaban J connectivity index is 1.65. The van der Waals surface area contributed by atoms with Crippen LogP contribution < -0.4 is 14.2 Å². The van der Waals surface area contributed by atoms with Gasteiger partial charge in [-0.25, -0.2) is 0 Å². The minimum atomic E-state index is 0.235. The summed E-state index contributed by atoms with van der Waals surface area (Å²) in [6, 6.07) is 20.8. The Hall–Kier alpha value is -3.22. The first-order valence-electron chi connectivity index (χ1n) is 9.99. The summed E-state index contributed by atoms with van der Waals surface area (Å²) < 4.78 is 18.6. The van der Waals surface area contributed by atoms with Gasteiger partial charge in [0.1, 0.15) is 29.6 Å². The van der Waals surface area contributed by atoms with Gasteiger partial charge in [0.2, 0.25) is 0 Å². The molecular weight excluding hydrogens is 410 g/mol. The first kappa shape index (κ1) is 21.0. The van der Waals surface area contributed by atoms with E-state index in [2.05, 4.69) is 4.90 Å². The number of ether oxygens (including phenoxy) is 3. The van der Waals surface area contributed by atoms with Crippen molar-refractivity contribution in [3.63, 3.8) is 0 Å². The van der Waals surface area contributed by atoms with Gasteiger partial charge in [-0.1, -0.05) is 0 Å². The lowest BCUT2D eigenvalue weighted by atomic mass is 10.1. The Morgan fingerprint density at radius 1 is 0.871 bits per heavy atom. The Bertz CT molecular complexity index is 1150. The summed E-state index contributed by atoms with van der Waals surface area (Å²) in [5.74, 6) is 3.37. The number of fused-ring (bicyclic) bond motifs is 1. The normalized spacial score (nSPS) is 11.1. The van der Waals surface area contributed by atoms with E-state index >= 15 is 0 Å². The average Bonchev–Trinajstić information content (AvgIpc) is 3.12. The zero-order chi connectivity index (χ0) is 21.8. The Morgan fingerprint density at radius 3 is 2.23 bits per heavy atom. The molecule has 0 aliphatic carbocycles. The summed E-state index contributed by atoms with van der Waals surface area (Å²) in [4.78, 5) is 3.08. The van der Waals surface area contributed by atoms with Crippen molar-refractivity contribution in [2.24, 2.45) is 0 Å². The molecule has 0 aliphatic heterocycles. The van der Waals surface area contributed by atoms with E-state index in [1.807, 2.05) is 68.7 Å². The number of rotatable bonds is 8. The highest BCUT2D eigenvalue weighted by molar-refractivity contribution is 7.22. The smallest absolute Gasteiger partial charge is 0.153 e. The van der Waals surface area contributed by atoms with Crippen molar-refractivity contribution >= 4 is 21.4 Å². The summed E-state index contributed by atoms with van der Waals surface area (Å²) in [5, 5.41) is 10.7. The molecule has 3 aromatic carbocycles. The lowest BCUT2D eigenvalue weighted by molar-refractivity contribution is 0.261. The van der Waals surface area contributed by atoms with Crippen LogP contribution in [0.1, 0.15) is 0 Å². The number of hydrogen-bond acceptors (Lipinski definition) is 6. The fourth-order valence-electron chi connectivity index (χ4n) is 3.15. The van der Waals surface area contributed by atoms with E-state index < -0.39 is 0 Å². The Kier molecular flexibility index (Phi) is 6.30. The molecule has 0 amide bonds. The maximum atomic E-state index is 9.68. The van der Waals surface area contributed by atoms with E-state index in [1.165, 1.54) is 0 Å². The molecular formula is C25H25NO4S. The van der Waals surface area contributed by atoms with Gasteiger partial charge in [0.05, 0.1) is 12.0 Å². The fourth-order valence-corrected chi connectivity index (χ4v) is 4.32. The van der Waals surface area contributed by atoms with Crippen LogP contribution in [0.3, 0.4) is 0 Å². The number of benzene rings is 3. The summed E-state index contributed by atoms with van der Waals surface area (Å²) in [6.45, 7) is 1.49. The molecule has 160 valence electrons. The van der Waals surface area contributed by atoms with Gasteiger partial charge < -0.3 is 24.2 Å². The summed E-state index contributed by atoms with van der Waals surface area (Å²) in [7, 11) is 5.70. The lowest BCUT2D eigenvalue weighted by Gasteiger charge is -2.12. The fraction of sp³-hybridized carbons (Fsp3) is 0.200. The SMILES string of the molecule is COc1ccc2c(Oc3ccc(OCCN(C)C)cc3)c(-c3ccc(O)cc3)sc2c1. The molecule has 31 heavy (non-hydrogen) atoms. The Morgan fingerprint density at radius 2 is 1.55 bits per heavy atom. The third-order valence-electron chi connectivity index (χ3n) is 4.83. The van der Waals surface area contributed by atoms with Crippen LogP contribution in [0.5, 0.6) is 28.7 Å². The van der Waals surface area contributed by atoms with Crippen LogP contribution in [0.25, 0.3) is 20.5 Å². The van der Waals surface area contributed by atoms with E-state index in [4.69, 9.17) is 14.2 Å². The molecule has 0 fully saturated rings. The quantitative estimate of drug-likeness (QED) is 0.367. The third kappa shape index (κ3) is 4.93. The summed E-state index contributed by atoms with van der Waals surface area (Å²) in [5.41, 5.74) is 0.983. The second kappa shape index (κ2) is 9.29. The molecule has 0 aliphatic rings. The van der Waals surface area contributed by atoms with Crippen LogP contribution in [0.15, 0.2) is 66.7 Å². The van der Waals surface area contributed by atoms with Gasteiger partial charge in [0, 0.05) is 16.6 Å². The second-order valence-corrected chi connectivity index (χ2v) is 8.45. The highest BCUT2D eigenvalue weighted by Crippen LogP contribution is 2.47. The van der Waals surface area contributed by atoms with Gasteiger partial charge in [0.25, 0.3) is 0 Å². The maximum Gasteiger partial charge on any atom is 0.153 e. The van der Waals surface area contributed by atoms with Gasteiger partial charge in [-0.2, -0.15) is 0 Å². The zero-order valence-electron chi connectivity index (χ0n) is 17.8. The number of phenols is 1. The molecule has 6 heteroatoms. The van der Waals surface area contributed by atoms with Gasteiger partial charge in [0.15, 0.2) is 5.75 Å². The third-order valence-corrected chi connectivity index (χ3v) is 6.01. The molecule has 0 unspecified atom stereocenters.